The Morgan fingerprint density at radius 1 is 1.29 bits per heavy atom. The second kappa shape index (κ2) is 4.59. The Morgan fingerprint density at radius 2 is 2.06 bits per heavy atom. The van der Waals surface area contributed by atoms with Gasteiger partial charge in [-0.2, -0.15) is 0 Å². The molecule has 0 atom stereocenters. The first-order valence-electron chi connectivity index (χ1n) is 4.33. The van der Waals surface area contributed by atoms with Crippen molar-refractivity contribution in [3.8, 4) is 0 Å². The third-order valence-electron chi connectivity index (χ3n) is 1.77. The molecular weight excluding hydrogens is 328 g/mol. The predicted molar refractivity (Wildman–Crippen MR) is 69.3 cm³/mol. The van der Waals surface area contributed by atoms with Crippen LogP contribution in [0.3, 0.4) is 0 Å². The fraction of sp³-hybridized carbons (Fsp3) is 0. The maximum Gasteiger partial charge on any atom is 0.265 e. The Balaban J connectivity index is 2.28. The molecule has 0 amide bonds. The fourth-order valence-corrected chi connectivity index (χ4v) is 3.32. The number of nitrogens with two attached hydrogens (primary N) is 1. The summed E-state index contributed by atoms with van der Waals surface area (Å²) in [6.45, 7) is 0. The summed E-state index contributed by atoms with van der Waals surface area (Å²) in [6.07, 6.45) is 2.71. The number of nitrogens with one attached hydrogen (secondary N) is 1. The van der Waals surface area contributed by atoms with Crippen molar-refractivity contribution in [2.45, 2.75) is 4.90 Å². The lowest BCUT2D eigenvalue weighted by Gasteiger charge is -2.04. The van der Waals surface area contributed by atoms with Gasteiger partial charge in [0.1, 0.15) is 10.7 Å². The van der Waals surface area contributed by atoms with Crippen molar-refractivity contribution in [2.75, 3.05) is 10.5 Å². The third kappa shape index (κ3) is 2.93. The van der Waals surface area contributed by atoms with E-state index in [0.717, 1.165) is 3.79 Å². The lowest BCUT2D eigenvalue weighted by atomic mass is 10.5. The molecule has 0 bridgehead atoms. The largest absolute Gasteiger partial charge is 0.384 e. The molecule has 2 heterocycles. The Kier molecular flexibility index (Phi) is 3.31. The lowest BCUT2D eigenvalue weighted by Crippen LogP contribution is -2.13. The topological polar surface area (TPSA) is 98.0 Å². The first-order valence-corrected chi connectivity index (χ1v) is 7.42. The van der Waals surface area contributed by atoms with E-state index in [9.17, 15) is 8.42 Å². The number of sulfonamides is 1. The summed E-state index contributed by atoms with van der Waals surface area (Å²) in [5, 5.41) is 0.286. The SMILES string of the molecule is Nc1ccc(S(=O)(=O)Nc2ncc(Br)s2)cn1. The molecule has 90 valence electrons. The molecule has 0 fully saturated rings. The smallest absolute Gasteiger partial charge is 0.265 e. The minimum atomic E-state index is -3.66. The van der Waals surface area contributed by atoms with Crippen LogP contribution in [0.25, 0.3) is 0 Å². The summed E-state index contributed by atoms with van der Waals surface area (Å²) in [4.78, 5) is 7.64. The van der Waals surface area contributed by atoms with Gasteiger partial charge < -0.3 is 5.73 Å². The second-order valence-corrected chi connectivity index (χ2v) is 7.09. The van der Waals surface area contributed by atoms with E-state index in [0.29, 0.717) is 0 Å². The molecule has 9 heteroatoms. The summed E-state index contributed by atoms with van der Waals surface area (Å²) in [6, 6.07) is 2.81. The van der Waals surface area contributed by atoms with Crippen LogP contribution < -0.4 is 10.5 Å². The first-order chi connectivity index (χ1) is 7.97. The third-order valence-corrected chi connectivity index (χ3v) is 4.61. The molecule has 0 spiro atoms. The standard InChI is InChI=1S/C8H7BrN4O2S2/c9-6-4-12-8(16-6)13-17(14,15)5-1-2-7(10)11-3-5/h1-4H,(H2,10,11)(H,12,13). The molecule has 2 aromatic rings. The molecule has 17 heavy (non-hydrogen) atoms. The van der Waals surface area contributed by atoms with Crippen molar-refractivity contribution in [3.63, 3.8) is 0 Å². The maximum absolute atomic E-state index is 11.9. The van der Waals surface area contributed by atoms with Crippen LogP contribution in [0, 0.1) is 0 Å². The second-order valence-electron chi connectivity index (χ2n) is 2.99. The van der Waals surface area contributed by atoms with Crippen molar-refractivity contribution < 1.29 is 8.42 Å². The van der Waals surface area contributed by atoms with E-state index in [1.807, 2.05) is 0 Å². The Hall–Kier alpha value is -1.19. The zero-order valence-corrected chi connectivity index (χ0v) is 11.5. The van der Waals surface area contributed by atoms with Gasteiger partial charge in [0.2, 0.25) is 0 Å². The zero-order chi connectivity index (χ0) is 12.5. The van der Waals surface area contributed by atoms with Crippen LogP contribution in [0.4, 0.5) is 10.9 Å². The van der Waals surface area contributed by atoms with Crippen molar-refractivity contribution in [1.29, 1.82) is 0 Å². The van der Waals surface area contributed by atoms with E-state index in [2.05, 4.69) is 30.6 Å². The molecule has 0 aliphatic rings. The molecule has 2 rings (SSSR count). The van der Waals surface area contributed by atoms with Crippen LogP contribution in [0.15, 0.2) is 33.2 Å². The van der Waals surface area contributed by atoms with Crippen molar-refractivity contribution in [3.05, 3.63) is 28.3 Å². The molecule has 6 nitrogen and oxygen atoms in total. The number of aromatic nitrogens is 2. The maximum atomic E-state index is 11.9. The highest BCUT2D eigenvalue weighted by molar-refractivity contribution is 9.11. The van der Waals surface area contributed by atoms with E-state index < -0.39 is 10.0 Å². The van der Waals surface area contributed by atoms with Crippen LogP contribution in [0.5, 0.6) is 0 Å². The minimum Gasteiger partial charge on any atom is -0.384 e. The lowest BCUT2D eigenvalue weighted by molar-refractivity contribution is 0.601. The van der Waals surface area contributed by atoms with Gasteiger partial charge >= 0.3 is 0 Å². The number of nitrogens with zero attached hydrogens (tertiary/aromatic N) is 2. The summed E-state index contributed by atoms with van der Waals surface area (Å²) < 4.78 is 26.8. The minimum absolute atomic E-state index is 0.0398. The molecule has 0 saturated heterocycles. The number of hydrogen-bond acceptors (Lipinski definition) is 6. The van der Waals surface area contributed by atoms with E-state index in [-0.39, 0.29) is 15.8 Å². The monoisotopic (exact) mass is 334 g/mol. The average Bonchev–Trinajstić information content (AvgIpc) is 2.63. The van der Waals surface area contributed by atoms with Crippen LogP contribution in [-0.4, -0.2) is 18.4 Å². The van der Waals surface area contributed by atoms with Gasteiger partial charge in [-0.1, -0.05) is 11.3 Å². The average molecular weight is 335 g/mol. The van der Waals surface area contributed by atoms with Gasteiger partial charge in [0.15, 0.2) is 5.13 Å². The molecule has 0 unspecified atom stereocenters. The van der Waals surface area contributed by atoms with E-state index in [4.69, 9.17) is 5.73 Å². The van der Waals surface area contributed by atoms with Gasteiger partial charge in [0.25, 0.3) is 10.0 Å². The summed E-state index contributed by atoms with van der Waals surface area (Å²) in [5.41, 5.74) is 5.38. The number of hydrogen-bond donors (Lipinski definition) is 2. The summed E-state index contributed by atoms with van der Waals surface area (Å²) >= 11 is 4.38. The molecule has 0 saturated carbocycles. The van der Waals surface area contributed by atoms with Crippen LogP contribution in [0.2, 0.25) is 0 Å². The molecule has 0 aliphatic carbocycles. The number of anilines is 2. The van der Waals surface area contributed by atoms with Gasteiger partial charge in [-0.25, -0.2) is 18.4 Å². The van der Waals surface area contributed by atoms with Gasteiger partial charge in [-0.05, 0) is 28.1 Å². The normalized spacial score (nSPS) is 11.4. The molecule has 3 N–H and O–H groups in total. The molecular formula is C8H7BrN4O2S2. The van der Waals surface area contributed by atoms with E-state index >= 15 is 0 Å². The Morgan fingerprint density at radius 3 is 2.59 bits per heavy atom. The van der Waals surface area contributed by atoms with E-state index in [1.165, 1.54) is 35.9 Å². The summed E-state index contributed by atoms with van der Waals surface area (Å²) in [7, 11) is -3.66. The van der Waals surface area contributed by atoms with Crippen molar-refractivity contribution >= 4 is 48.2 Å². The van der Waals surface area contributed by atoms with Crippen molar-refractivity contribution in [1.82, 2.24) is 9.97 Å². The zero-order valence-electron chi connectivity index (χ0n) is 8.29. The quantitative estimate of drug-likeness (QED) is 0.889. The number of halogens is 1. The molecule has 0 radical (unpaired) electrons. The highest BCUT2D eigenvalue weighted by Crippen LogP contribution is 2.25. The van der Waals surface area contributed by atoms with Gasteiger partial charge in [0.05, 0.1) is 9.98 Å². The van der Waals surface area contributed by atoms with E-state index in [1.54, 1.807) is 0 Å². The van der Waals surface area contributed by atoms with Crippen LogP contribution in [0.1, 0.15) is 0 Å². The van der Waals surface area contributed by atoms with Gasteiger partial charge in [0, 0.05) is 6.20 Å². The van der Waals surface area contributed by atoms with Crippen LogP contribution in [-0.2, 0) is 10.0 Å². The number of nitrogen functional groups attached to an aromatic ring is 1. The highest BCUT2D eigenvalue weighted by atomic mass is 79.9. The molecule has 2 aromatic heterocycles. The Labute approximate surface area is 110 Å². The van der Waals surface area contributed by atoms with Gasteiger partial charge in [-0.3, -0.25) is 4.72 Å². The molecule has 0 aliphatic heterocycles. The number of pyridine rings is 1. The summed E-state index contributed by atoms with van der Waals surface area (Å²) in [5.74, 6) is 0.265. The number of rotatable bonds is 3. The predicted octanol–water partition coefficient (Wildman–Crippen LogP) is 1.68. The molecule has 0 aromatic carbocycles. The Bertz CT molecular complexity index is 623. The highest BCUT2D eigenvalue weighted by Gasteiger charge is 2.16. The first kappa shape index (κ1) is 12.3. The fourth-order valence-electron chi connectivity index (χ4n) is 1.03. The number of thiazole rings is 1. The van der Waals surface area contributed by atoms with Crippen molar-refractivity contribution in [2.24, 2.45) is 0 Å². The van der Waals surface area contributed by atoms with Gasteiger partial charge in [-0.15, -0.1) is 0 Å². The van der Waals surface area contributed by atoms with Crippen LogP contribution >= 0.6 is 27.3 Å².